The number of fused-ring (bicyclic) bond motifs is 1. The molecule has 1 aromatic carbocycles. The van der Waals surface area contributed by atoms with Gasteiger partial charge in [-0.05, 0) is 25.6 Å². The number of aromatic nitrogens is 3. The molecule has 0 saturated heterocycles. The van der Waals surface area contributed by atoms with Gasteiger partial charge in [0.15, 0.2) is 5.82 Å². The fourth-order valence-electron chi connectivity index (χ4n) is 2.48. The average molecular weight is 266 g/mol. The highest BCUT2D eigenvalue weighted by Gasteiger charge is 2.14. The third-order valence-electron chi connectivity index (χ3n) is 3.47. The maximum atomic E-state index is 4.54. The number of benzene rings is 1. The molecule has 0 spiro atoms. The van der Waals surface area contributed by atoms with Gasteiger partial charge in [-0.1, -0.05) is 31.2 Å². The fourth-order valence-corrected chi connectivity index (χ4v) is 2.48. The van der Waals surface area contributed by atoms with Crippen molar-refractivity contribution in [3.63, 3.8) is 0 Å². The molecule has 0 aliphatic heterocycles. The maximum absolute atomic E-state index is 4.54. The average Bonchev–Trinajstić information content (AvgIpc) is 2.91. The van der Waals surface area contributed by atoms with Gasteiger partial charge in [0.05, 0.1) is 11.7 Å². The molecule has 2 heterocycles. The van der Waals surface area contributed by atoms with Gasteiger partial charge in [0.2, 0.25) is 0 Å². The summed E-state index contributed by atoms with van der Waals surface area (Å²) in [6.45, 7) is 5.18. The van der Waals surface area contributed by atoms with Crippen molar-refractivity contribution in [1.82, 2.24) is 20.1 Å². The summed E-state index contributed by atoms with van der Waals surface area (Å²) < 4.78 is 1.92. The van der Waals surface area contributed by atoms with E-state index in [9.17, 15) is 0 Å². The molecular formula is C16H18N4. The van der Waals surface area contributed by atoms with E-state index in [4.69, 9.17) is 0 Å². The lowest BCUT2D eigenvalue weighted by Gasteiger charge is -2.16. The largest absolute Gasteiger partial charge is 0.310 e. The lowest BCUT2D eigenvalue weighted by atomic mass is 10.1. The second-order valence-corrected chi connectivity index (χ2v) is 4.81. The monoisotopic (exact) mass is 266 g/mol. The van der Waals surface area contributed by atoms with E-state index < -0.39 is 0 Å². The molecule has 0 aliphatic carbocycles. The Kier molecular flexibility index (Phi) is 3.48. The van der Waals surface area contributed by atoms with Crippen molar-refractivity contribution in [2.75, 3.05) is 6.54 Å². The van der Waals surface area contributed by atoms with Crippen molar-refractivity contribution in [3.8, 4) is 5.82 Å². The molecular weight excluding hydrogens is 248 g/mol. The summed E-state index contributed by atoms with van der Waals surface area (Å²) in [7, 11) is 0. The molecule has 102 valence electrons. The first-order chi connectivity index (χ1) is 9.81. The molecule has 0 saturated carbocycles. The van der Waals surface area contributed by atoms with Crippen LogP contribution in [0.4, 0.5) is 0 Å². The lowest BCUT2D eigenvalue weighted by molar-refractivity contribution is 0.591. The minimum Gasteiger partial charge on any atom is -0.310 e. The van der Waals surface area contributed by atoms with Gasteiger partial charge in [-0.25, -0.2) is 9.67 Å². The third kappa shape index (κ3) is 2.18. The smallest absolute Gasteiger partial charge is 0.158 e. The number of nitrogens with zero attached hydrogens (tertiary/aromatic N) is 3. The van der Waals surface area contributed by atoms with E-state index in [2.05, 4.69) is 47.4 Å². The Morgan fingerprint density at radius 1 is 1.20 bits per heavy atom. The molecule has 4 heteroatoms. The van der Waals surface area contributed by atoms with Crippen LogP contribution in [-0.4, -0.2) is 21.3 Å². The van der Waals surface area contributed by atoms with Crippen LogP contribution < -0.4 is 5.32 Å². The minimum atomic E-state index is 0.242. The molecule has 0 bridgehead atoms. The Bertz CT molecular complexity index is 717. The number of para-hydroxylation sites is 1. The van der Waals surface area contributed by atoms with Crippen molar-refractivity contribution in [2.24, 2.45) is 0 Å². The fraction of sp³-hybridized carbons (Fsp3) is 0.250. The quantitative estimate of drug-likeness (QED) is 0.789. The second-order valence-electron chi connectivity index (χ2n) is 4.81. The number of rotatable bonds is 4. The van der Waals surface area contributed by atoms with Gasteiger partial charge in [-0.3, -0.25) is 0 Å². The Labute approximate surface area is 118 Å². The van der Waals surface area contributed by atoms with Crippen LogP contribution in [0.3, 0.4) is 0 Å². The van der Waals surface area contributed by atoms with Crippen LogP contribution in [0.2, 0.25) is 0 Å². The lowest BCUT2D eigenvalue weighted by Crippen LogP contribution is -2.20. The SMILES string of the molecule is CCNC(C)c1cccnc1-n1ncc2ccccc21. The Morgan fingerprint density at radius 3 is 2.90 bits per heavy atom. The van der Waals surface area contributed by atoms with E-state index in [-0.39, 0.29) is 6.04 Å². The molecule has 4 nitrogen and oxygen atoms in total. The van der Waals surface area contributed by atoms with Crippen LogP contribution in [0.1, 0.15) is 25.5 Å². The summed E-state index contributed by atoms with van der Waals surface area (Å²) in [5, 5.41) is 9.05. The van der Waals surface area contributed by atoms with Gasteiger partial charge in [0.25, 0.3) is 0 Å². The molecule has 1 N–H and O–H groups in total. The molecule has 20 heavy (non-hydrogen) atoms. The van der Waals surface area contributed by atoms with Crippen LogP contribution in [-0.2, 0) is 0 Å². The number of nitrogens with one attached hydrogen (secondary N) is 1. The molecule has 0 radical (unpaired) electrons. The number of pyridine rings is 1. The summed E-state index contributed by atoms with van der Waals surface area (Å²) in [6, 6.07) is 12.5. The third-order valence-corrected chi connectivity index (χ3v) is 3.47. The van der Waals surface area contributed by atoms with Crippen LogP contribution in [0, 0.1) is 0 Å². The van der Waals surface area contributed by atoms with E-state index in [1.54, 1.807) is 0 Å². The molecule has 1 atom stereocenters. The highest BCUT2D eigenvalue weighted by atomic mass is 15.3. The second kappa shape index (κ2) is 5.43. The molecule has 0 amide bonds. The van der Waals surface area contributed by atoms with Gasteiger partial charge in [0, 0.05) is 23.2 Å². The van der Waals surface area contributed by atoms with E-state index in [0.717, 1.165) is 28.8 Å². The first kappa shape index (κ1) is 12.8. The highest BCUT2D eigenvalue weighted by molar-refractivity contribution is 5.80. The molecule has 0 fully saturated rings. The number of hydrogen-bond acceptors (Lipinski definition) is 3. The van der Waals surface area contributed by atoms with Gasteiger partial charge in [-0.15, -0.1) is 0 Å². The standard InChI is InChI=1S/C16H18N4/c1-3-17-12(2)14-8-6-10-18-16(14)20-15-9-5-4-7-13(15)11-19-20/h4-12,17H,3H2,1-2H3. The van der Waals surface area contributed by atoms with Crippen LogP contribution in [0.25, 0.3) is 16.7 Å². The van der Waals surface area contributed by atoms with Gasteiger partial charge in [0.1, 0.15) is 0 Å². The van der Waals surface area contributed by atoms with E-state index in [0.29, 0.717) is 0 Å². The van der Waals surface area contributed by atoms with Gasteiger partial charge in [-0.2, -0.15) is 5.10 Å². The summed E-state index contributed by atoms with van der Waals surface area (Å²) in [4.78, 5) is 4.54. The topological polar surface area (TPSA) is 42.7 Å². The van der Waals surface area contributed by atoms with Crippen LogP contribution in [0.15, 0.2) is 48.8 Å². The van der Waals surface area contributed by atoms with Crippen molar-refractivity contribution in [2.45, 2.75) is 19.9 Å². The maximum Gasteiger partial charge on any atom is 0.158 e. The van der Waals surface area contributed by atoms with Crippen LogP contribution in [0.5, 0.6) is 0 Å². The molecule has 0 aliphatic rings. The van der Waals surface area contributed by atoms with Gasteiger partial charge < -0.3 is 5.32 Å². The van der Waals surface area contributed by atoms with Crippen LogP contribution >= 0.6 is 0 Å². The van der Waals surface area contributed by atoms with Gasteiger partial charge >= 0.3 is 0 Å². The first-order valence-electron chi connectivity index (χ1n) is 6.92. The Balaban J connectivity index is 2.15. The van der Waals surface area contributed by atoms with E-state index >= 15 is 0 Å². The Morgan fingerprint density at radius 2 is 2.05 bits per heavy atom. The van der Waals surface area contributed by atoms with E-state index in [1.165, 1.54) is 0 Å². The zero-order valence-corrected chi connectivity index (χ0v) is 11.7. The van der Waals surface area contributed by atoms with Crippen molar-refractivity contribution >= 4 is 10.9 Å². The number of hydrogen-bond donors (Lipinski definition) is 1. The zero-order chi connectivity index (χ0) is 13.9. The predicted molar refractivity (Wildman–Crippen MR) is 81.0 cm³/mol. The zero-order valence-electron chi connectivity index (χ0n) is 11.7. The predicted octanol–water partition coefficient (Wildman–Crippen LogP) is 3.09. The Hall–Kier alpha value is -2.20. The van der Waals surface area contributed by atoms with Crippen molar-refractivity contribution in [1.29, 1.82) is 0 Å². The first-order valence-corrected chi connectivity index (χ1v) is 6.92. The summed E-state index contributed by atoms with van der Waals surface area (Å²) in [5.41, 5.74) is 2.24. The summed E-state index contributed by atoms with van der Waals surface area (Å²) in [6.07, 6.45) is 3.69. The highest BCUT2D eigenvalue weighted by Crippen LogP contribution is 2.23. The van der Waals surface area contributed by atoms with Crippen molar-refractivity contribution < 1.29 is 0 Å². The van der Waals surface area contributed by atoms with E-state index in [1.807, 2.05) is 35.3 Å². The minimum absolute atomic E-state index is 0.242. The summed E-state index contributed by atoms with van der Waals surface area (Å²) >= 11 is 0. The normalized spacial score (nSPS) is 12.7. The summed E-state index contributed by atoms with van der Waals surface area (Å²) in [5.74, 6) is 0.891. The molecule has 2 aromatic heterocycles. The molecule has 3 rings (SSSR count). The molecule has 1 unspecified atom stereocenters. The van der Waals surface area contributed by atoms with Crippen molar-refractivity contribution in [3.05, 3.63) is 54.4 Å². The molecule has 3 aromatic rings.